The van der Waals surface area contributed by atoms with Crippen LogP contribution >= 0.6 is 0 Å². The molecule has 0 radical (unpaired) electrons. The van der Waals surface area contributed by atoms with Gasteiger partial charge in [0.1, 0.15) is 23.5 Å². The van der Waals surface area contributed by atoms with Gasteiger partial charge in [0, 0.05) is 29.7 Å². The summed E-state index contributed by atoms with van der Waals surface area (Å²) in [5.74, 6) is 3.90. The number of aryl methyl sites for hydroxylation is 1. The van der Waals surface area contributed by atoms with Crippen molar-refractivity contribution >= 4 is 11.7 Å². The molecule has 3 aromatic carbocycles. The molecular formula is C29H25N3O. The average Bonchev–Trinajstić information content (AvgIpc) is 3.22. The first-order chi connectivity index (χ1) is 16.2. The third-order valence-electron chi connectivity index (χ3n) is 6.53. The van der Waals surface area contributed by atoms with Crippen molar-refractivity contribution in [3.05, 3.63) is 125 Å². The van der Waals surface area contributed by atoms with Crippen molar-refractivity contribution in [3.8, 4) is 5.75 Å². The van der Waals surface area contributed by atoms with E-state index in [4.69, 9.17) is 14.7 Å². The summed E-state index contributed by atoms with van der Waals surface area (Å²) in [6.45, 7) is 2.13. The Morgan fingerprint density at radius 3 is 2.48 bits per heavy atom. The largest absolute Gasteiger partial charge is 0.461 e. The molecule has 4 nitrogen and oxygen atoms in total. The summed E-state index contributed by atoms with van der Waals surface area (Å²) >= 11 is 0. The van der Waals surface area contributed by atoms with Crippen molar-refractivity contribution in [2.45, 2.75) is 25.4 Å². The second-order valence-electron chi connectivity index (χ2n) is 8.79. The fourth-order valence-electron chi connectivity index (χ4n) is 4.81. The van der Waals surface area contributed by atoms with Crippen molar-refractivity contribution in [1.82, 2.24) is 4.90 Å². The second kappa shape index (κ2) is 7.89. The van der Waals surface area contributed by atoms with Crippen molar-refractivity contribution in [2.75, 3.05) is 7.05 Å². The van der Waals surface area contributed by atoms with Crippen LogP contribution in [0.4, 0.5) is 0 Å². The zero-order valence-corrected chi connectivity index (χ0v) is 18.8. The summed E-state index contributed by atoms with van der Waals surface area (Å²) in [7, 11) is 2.06. The first kappa shape index (κ1) is 19.7. The molecule has 2 atom stereocenters. The maximum atomic E-state index is 6.24. The van der Waals surface area contributed by atoms with Gasteiger partial charge in [-0.2, -0.15) is 0 Å². The van der Waals surface area contributed by atoms with E-state index in [1.54, 1.807) is 0 Å². The number of fused-ring (bicyclic) bond motifs is 3. The molecule has 0 spiro atoms. The number of allylic oxidation sites excluding steroid dienone is 2. The van der Waals surface area contributed by atoms with Crippen LogP contribution in [0.1, 0.15) is 40.8 Å². The summed E-state index contributed by atoms with van der Waals surface area (Å²) in [5, 5.41) is 0. The fourth-order valence-corrected chi connectivity index (χ4v) is 4.81. The monoisotopic (exact) mass is 431 g/mol. The van der Waals surface area contributed by atoms with Gasteiger partial charge < -0.3 is 9.64 Å². The molecule has 0 N–H and O–H groups in total. The molecular weight excluding hydrogens is 406 g/mol. The second-order valence-corrected chi connectivity index (χ2v) is 8.79. The third kappa shape index (κ3) is 3.48. The Balaban J connectivity index is 1.41. The molecule has 0 bridgehead atoms. The molecule has 3 aliphatic rings. The van der Waals surface area contributed by atoms with E-state index in [-0.39, 0.29) is 12.1 Å². The van der Waals surface area contributed by atoms with Crippen LogP contribution < -0.4 is 4.74 Å². The highest BCUT2D eigenvalue weighted by Gasteiger charge is 2.33. The van der Waals surface area contributed by atoms with Crippen LogP contribution in [0.5, 0.6) is 5.75 Å². The third-order valence-corrected chi connectivity index (χ3v) is 6.53. The molecule has 1 aliphatic carbocycles. The number of nitrogens with zero attached hydrogens (tertiary/aromatic N) is 3. The predicted octanol–water partition coefficient (Wildman–Crippen LogP) is 6.17. The molecule has 0 fully saturated rings. The van der Waals surface area contributed by atoms with Crippen molar-refractivity contribution in [2.24, 2.45) is 9.98 Å². The summed E-state index contributed by atoms with van der Waals surface area (Å²) in [4.78, 5) is 12.3. The van der Waals surface area contributed by atoms with Gasteiger partial charge in [-0.15, -0.1) is 0 Å². The van der Waals surface area contributed by atoms with Crippen molar-refractivity contribution in [3.63, 3.8) is 0 Å². The Morgan fingerprint density at radius 1 is 0.939 bits per heavy atom. The number of ether oxygens (including phenoxy) is 1. The number of hydrogen-bond acceptors (Lipinski definition) is 4. The Bertz CT molecular complexity index is 1340. The highest BCUT2D eigenvalue weighted by Crippen LogP contribution is 2.46. The number of aliphatic imine (C=N–C) groups is 2. The predicted molar refractivity (Wildman–Crippen MR) is 133 cm³/mol. The van der Waals surface area contributed by atoms with Gasteiger partial charge in [0.15, 0.2) is 5.84 Å². The number of rotatable bonds is 3. The standard InChI is InChI=1S/C29H25N3O/c1-19-13-16-25-24(17-19)23-15-14-22(18-26(23)33-25)27-30-28(20-9-5-3-6-10-20)32(2)29(31-27)21-11-7-4-8-12-21/h3-14,16-18,23,28H,15H2,1-2H3. The van der Waals surface area contributed by atoms with E-state index in [1.807, 2.05) is 24.3 Å². The lowest BCUT2D eigenvalue weighted by atomic mass is 9.89. The lowest BCUT2D eigenvalue weighted by Gasteiger charge is -2.33. The Labute approximate surface area is 194 Å². The van der Waals surface area contributed by atoms with Crippen molar-refractivity contribution in [1.29, 1.82) is 0 Å². The molecule has 3 aromatic rings. The van der Waals surface area contributed by atoms with Crippen molar-refractivity contribution < 1.29 is 4.74 Å². The van der Waals surface area contributed by atoms with Crippen LogP contribution in [0, 0.1) is 6.92 Å². The van der Waals surface area contributed by atoms with Gasteiger partial charge >= 0.3 is 0 Å². The van der Waals surface area contributed by atoms with E-state index in [0.717, 1.165) is 46.3 Å². The average molecular weight is 432 g/mol. The SMILES string of the molecule is Cc1ccc2c(c1)C1CC=C(C3=NC(c4ccccc4)N(C)C(c4ccccc4)=N3)C=C1O2. The van der Waals surface area contributed by atoms with Gasteiger partial charge in [-0.1, -0.05) is 84.4 Å². The number of hydrogen-bond donors (Lipinski definition) is 0. The molecule has 2 unspecified atom stereocenters. The summed E-state index contributed by atoms with van der Waals surface area (Å²) in [5.41, 5.74) is 5.78. The molecule has 6 rings (SSSR count). The zero-order chi connectivity index (χ0) is 22.4. The quantitative estimate of drug-likeness (QED) is 0.497. The summed E-state index contributed by atoms with van der Waals surface area (Å²) in [6.07, 6.45) is 5.13. The number of benzene rings is 3. The van der Waals surface area contributed by atoms with E-state index in [0.29, 0.717) is 0 Å². The van der Waals surface area contributed by atoms with E-state index in [1.165, 1.54) is 11.1 Å². The minimum Gasteiger partial charge on any atom is -0.461 e. The lowest BCUT2D eigenvalue weighted by molar-refractivity contribution is 0.382. The smallest absolute Gasteiger partial charge is 0.159 e. The van der Waals surface area contributed by atoms with Gasteiger partial charge in [-0.3, -0.25) is 0 Å². The topological polar surface area (TPSA) is 37.2 Å². The normalized spacial score (nSPS) is 21.2. The molecule has 4 heteroatoms. The van der Waals surface area contributed by atoms with Crippen LogP contribution in [0.25, 0.3) is 0 Å². The van der Waals surface area contributed by atoms with Gasteiger partial charge in [0.25, 0.3) is 0 Å². The molecule has 0 saturated heterocycles. The molecule has 2 aliphatic heterocycles. The van der Waals surface area contributed by atoms with E-state index in [2.05, 4.69) is 85.6 Å². The van der Waals surface area contributed by atoms with Crippen LogP contribution in [0.15, 0.2) is 112 Å². The molecule has 2 heterocycles. The first-order valence-corrected chi connectivity index (χ1v) is 11.4. The highest BCUT2D eigenvalue weighted by atomic mass is 16.5. The fraction of sp³-hybridized carbons (Fsp3) is 0.172. The first-order valence-electron chi connectivity index (χ1n) is 11.4. The lowest BCUT2D eigenvalue weighted by Crippen LogP contribution is -2.35. The highest BCUT2D eigenvalue weighted by molar-refractivity contribution is 6.13. The minimum absolute atomic E-state index is 0.143. The molecule has 0 saturated carbocycles. The summed E-state index contributed by atoms with van der Waals surface area (Å²) < 4.78 is 6.24. The Morgan fingerprint density at radius 2 is 1.70 bits per heavy atom. The molecule has 33 heavy (non-hydrogen) atoms. The Kier molecular flexibility index (Phi) is 4.72. The molecule has 0 aromatic heterocycles. The van der Waals surface area contributed by atoms with Crippen LogP contribution in [-0.4, -0.2) is 23.6 Å². The minimum atomic E-state index is -0.143. The van der Waals surface area contributed by atoms with Gasteiger partial charge in [-0.25, -0.2) is 9.98 Å². The van der Waals surface area contributed by atoms with Gasteiger partial charge in [0.05, 0.1) is 0 Å². The van der Waals surface area contributed by atoms with Crippen LogP contribution in [0.2, 0.25) is 0 Å². The maximum absolute atomic E-state index is 6.24. The summed E-state index contributed by atoms with van der Waals surface area (Å²) in [6, 6.07) is 27.2. The molecule has 0 amide bonds. The maximum Gasteiger partial charge on any atom is 0.159 e. The van der Waals surface area contributed by atoms with Crippen LogP contribution in [0.3, 0.4) is 0 Å². The Hall–Kier alpha value is -3.92. The van der Waals surface area contributed by atoms with E-state index >= 15 is 0 Å². The van der Waals surface area contributed by atoms with Crippen LogP contribution in [-0.2, 0) is 0 Å². The van der Waals surface area contributed by atoms with Gasteiger partial charge in [0.2, 0.25) is 0 Å². The molecule has 162 valence electrons. The van der Waals surface area contributed by atoms with E-state index in [9.17, 15) is 0 Å². The zero-order valence-electron chi connectivity index (χ0n) is 18.8. The van der Waals surface area contributed by atoms with E-state index < -0.39 is 0 Å². The van der Waals surface area contributed by atoms with Gasteiger partial charge in [-0.05, 0) is 31.1 Å². The number of amidine groups is 2.